The van der Waals surface area contributed by atoms with E-state index in [0.29, 0.717) is 0 Å². The van der Waals surface area contributed by atoms with E-state index in [1.807, 2.05) is 0 Å². The Kier molecular flexibility index (Phi) is 3.34. The maximum atomic E-state index is 10.1. The fourth-order valence-electron chi connectivity index (χ4n) is 0.316. The number of hydrogen-bond donors (Lipinski definition) is 0. The molecule has 0 rings (SSSR count). The van der Waals surface area contributed by atoms with Crippen LogP contribution in [0.3, 0.4) is 0 Å². The van der Waals surface area contributed by atoms with Crippen LogP contribution in [-0.4, -0.2) is 12.3 Å². The Hall–Kier alpha value is -1.13. The maximum Gasteiger partial charge on any atom is 0.305 e. The molecule has 9 heavy (non-hydrogen) atoms. The molecule has 52 valence electrons. The van der Waals surface area contributed by atoms with Crippen molar-refractivity contribution in [3.63, 3.8) is 0 Å². The van der Waals surface area contributed by atoms with Gasteiger partial charge in [0.1, 0.15) is 0 Å². The maximum absolute atomic E-state index is 10.1. The predicted octanol–water partition coefficient (Wildman–Crippen LogP) is 0.593. The number of carbonyl (C=O) groups is 1. The first-order valence-electron chi connectivity index (χ1n) is 2.32. The second-order valence-electron chi connectivity index (χ2n) is 1.36. The number of esters is 1. The summed E-state index contributed by atoms with van der Waals surface area (Å²) in [5.41, 5.74) is 0. The van der Waals surface area contributed by atoms with Crippen molar-refractivity contribution in [1.29, 1.82) is 0 Å². The molecule has 0 aromatic heterocycles. The van der Waals surface area contributed by atoms with Gasteiger partial charge in [-0.25, -0.2) is 0 Å². The molecule has 0 fully saturated rings. The average molecular weight is 133 g/mol. The van der Waals surface area contributed by atoms with Crippen molar-refractivity contribution in [3.8, 4) is 0 Å². The second-order valence-corrected chi connectivity index (χ2v) is 1.36. The van der Waals surface area contributed by atoms with Crippen LogP contribution in [0.1, 0.15) is 13.8 Å². The van der Waals surface area contributed by atoms with Crippen molar-refractivity contribution < 1.29 is 14.4 Å². The van der Waals surface area contributed by atoms with Gasteiger partial charge in [-0.2, -0.15) is 0 Å². The summed E-state index contributed by atoms with van der Waals surface area (Å²) < 4.78 is 4.34. The zero-order chi connectivity index (χ0) is 7.28. The second kappa shape index (κ2) is 3.82. The van der Waals surface area contributed by atoms with Gasteiger partial charge in [-0.3, -0.25) is 4.79 Å². The molecule has 0 amide bonds. The Balaban J connectivity index is 3.37. The van der Waals surface area contributed by atoms with Crippen LogP contribution in [0.2, 0.25) is 0 Å². The Morgan fingerprint density at radius 1 is 1.67 bits per heavy atom. The van der Waals surface area contributed by atoms with Gasteiger partial charge >= 0.3 is 5.97 Å². The molecule has 0 aromatic carbocycles. The van der Waals surface area contributed by atoms with E-state index in [9.17, 15) is 9.70 Å². The number of ether oxygens (including phenoxy) is 1. The number of carbonyl (C=O) groups excluding carboxylic acids is 1. The third kappa shape index (κ3) is 4.73. The van der Waals surface area contributed by atoms with E-state index in [1.54, 1.807) is 0 Å². The van der Waals surface area contributed by atoms with Gasteiger partial charge in [0, 0.05) is 13.8 Å². The van der Waals surface area contributed by atoms with E-state index in [2.05, 4.69) is 14.9 Å². The third-order valence-electron chi connectivity index (χ3n) is 0.523. The van der Waals surface area contributed by atoms with Gasteiger partial charge in [0.15, 0.2) is 5.34 Å². The largest absolute Gasteiger partial charge is 0.423 e. The first kappa shape index (κ1) is 7.87. The van der Waals surface area contributed by atoms with Crippen LogP contribution >= 0.6 is 0 Å². The third-order valence-corrected chi connectivity index (χ3v) is 0.523. The fraction of sp³-hybridized carbons (Fsp3) is 0.750. The summed E-state index contributed by atoms with van der Waals surface area (Å²) in [4.78, 5) is 23.4. The Morgan fingerprint density at radius 2 is 2.22 bits per heavy atom. The van der Waals surface area contributed by atoms with Crippen LogP contribution in [0.4, 0.5) is 0 Å². The molecular formula is C4H7NO4. The lowest BCUT2D eigenvalue weighted by Gasteiger charge is -2.04. The monoisotopic (exact) mass is 133 g/mol. The van der Waals surface area contributed by atoms with E-state index in [1.165, 1.54) is 13.8 Å². The van der Waals surface area contributed by atoms with Crippen molar-refractivity contribution in [2.45, 2.75) is 20.1 Å². The molecule has 5 nitrogen and oxygen atoms in total. The lowest BCUT2D eigenvalue weighted by molar-refractivity contribution is -0.172. The molecule has 0 aliphatic heterocycles. The van der Waals surface area contributed by atoms with Crippen LogP contribution in [0.5, 0.6) is 0 Å². The summed E-state index contributed by atoms with van der Waals surface area (Å²) in [6.45, 7) is 2.60. The lowest BCUT2D eigenvalue weighted by atomic mass is 10.7. The van der Waals surface area contributed by atoms with Crippen molar-refractivity contribution >= 4 is 5.97 Å². The molecule has 1 unspecified atom stereocenters. The van der Waals surface area contributed by atoms with Gasteiger partial charge < -0.3 is 9.57 Å². The van der Waals surface area contributed by atoms with Crippen molar-refractivity contribution in [3.05, 3.63) is 4.91 Å². The van der Waals surface area contributed by atoms with Gasteiger partial charge in [-0.15, -0.1) is 4.91 Å². The van der Waals surface area contributed by atoms with E-state index in [0.717, 1.165) is 0 Å². The van der Waals surface area contributed by atoms with E-state index in [4.69, 9.17) is 0 Å². The molecule has 5 heteroatoms. The van der Waals surface area contributed by atoms with E-state index >= 15 is 0 Å². The van der Waals surface area contributed by atoms with Gasteiger partial charge in [0.25, 0.3) is 6.29 Å². The predicted molar refractivity (Wildman–Crippen MR) is 28.1 cm³/mol. The summed E-state index contributed by atoms with van der Waals surface area (Å²) in [7, 11) is 0. The molecule has 0 bridgehead atoms. The van der Waals surface area contributed by atoms with Crippen LogP contribution in [0.25, 0.3) is 0 Å². The summed E-state index contributed by atoms with van der Waals surface area (Å²) >= 11 is 0. The van der Waals surface area contributed by atoms with E-state index in [-0.39, 0.29) is 0 Å². The van der Waals surface area contributed by atoms with Gasteiger partial charge in [0.2, 0.25) is 0 Å². The number of hydrogen-bond acceptors (Lipinski definition) is 5. The summed E-state index contributed by atoms with van der Waals surface area (Å²) in [5, 5.41) is 2.06. The molecule has 0 aromatic rings. The quantitative estimate of drug-likeness (QED) is 0.244. The summed E-state index contributed by atoms with van der Waals surface area (Å²) in [6.07, 6.45) is -0.889. The molecule has 0 saturated heterocycles. The topological polar surface area (TPSA) is 65.0 Å². The molecule has 0 radical (unpaired) electrons. The molecule has 1 atom stereocenters. The highest BCUT2D eigenvalue weighted by Crippen LogP contribution is 1.92. The van der Waals surface area contributed by atoms with Crippen molar-refractivity contribution in [2.24, 2.45) is 5.34 Å². The first-order valence-corrected chi connectivity index (χ1v) is 2.32. The molecule has 0 aliphatic carbocycles. The number of nitrogens with zero attached hydrogens (tertiary/aromatic N) is 1. The molecular weight excluding hydrogens is 126 g/mol. The van der Waals surface area contributed by atoms with Crippen molar-refractivity contribution in [2.75, 3.05) is 0 Å². The minimum Gasteiger partial charge on any atom is -0.423 e. The minimum absolute atomic E-state index is 0.508. The zero-order valence-corrected chi connectivity index (χ0v) is 5.16. The highest BCUT2D eigenvalue weighted by Gasteiger charge is 2.03. The molecule has 0 N–H and O–H groups in total. The Morgan fingerprint density at radius 3 is 2.56 bits per heavy atom. The minimum atomic E-state index is -0.889. The highest BCUT2D eigenvalue weighted by molar-refractivity contribution is 5.65. The van der Waals surface area contributed by atoms with Crippen LogP contribution in [0.15, 0.2) is 5.34 Å². The molecule has 0 spiro atoms. The Bertz CT molecular complexity index is 113. The zero-order valence-electron chi connectivity index (χ0n) is 5.16. The van der Waals surface area contributed by atoms with E-state index < -0.39 is 12.3 Å². The van der Waals surface area contributed by atoms with Gasteiger partial charge in [-0.1, -0.05) is 0 Å². The van der Waals surface area contributed by atoms with Gasteiger partial charge in [-0.05, 0) is 0 Å². The number of rotatable bonds is 3. The molecule has 0 aliphatic rings. The van der Waals surface area contributed by atoms with Crippen LogP contribution < -0.4 is 0 Å². The normalized spacial score (nSPS) is 11.8. The lowest BCUT2D eigenvalue weighted by Crippen LogP contribution is -2.12. The first-order chi connectivity index (χ1) is 4.16. The summed E-state index contributed by atoms with van der Waals surface area (Å²) in [5.74, 6) is -0.508. The molecule has 0 heterocycles. The van der Waals surface area contributed by atoms with Crippen molar-refractivity contribution in [1.82, 2.24) is 0 Å². The smallest absolute Gasteiger partial charge is 0.305 e. The van der Waals surface area contributed by atoms with Crippen LogP contribution in [-0.2, 0) is 14.4 Å². The SMILES string of the molecule is CC(=O)OC(C)ON=O. The fourth-order valence-corrected chi connectivity index (χ4v) is 0.316. The molecule has 0 saturated carbocycles. The summed E-state index contributed by atoms with van der Waals surface area (Å²) in [6, 6.07) is 0. The Labute approximate surface area is 51.9 Å². The van der Waals surface area contributed by atoms with Gasteiger partial charge in [0.05, 0.1) is 0 Å². The highest BCUT2D eigenvalue weighted by atomic mass is 16.8. The van der Waals surface area contributed by atoms with Crippen LogP contribution in [0, 0.1) is 4.91 Å². The average Bonchev–Trinajstić information content (AvgIpc) is 1.63. The standard InChI is InChI=1S/C4H7NO4/c1-3(6)8-4(2)9-5-7/h4H,1-2H3.